The topological polar surface area (TPSA) is 61.4 Å². The highest BCUT2D eigenvalue weighted by molar-refractivity contribution is 5.86. The molecule has 0 aliphatic carbocycles. The van der Waals surface area contributed by atoms with Gasteiger partial charge in [-0.2, -0.15) is 0 Å². The maximum Gasteiger partial charge on any atom is 0.241 e. The summed E-state index contributed by atoms with van der Waals surface area (Å²) in [5.41, 5.74) is 0. The van der Waals surface area contributed by atoms with Gasteiger partial charge in [0.05, 0.1) is 12.5 Å². The molecule has 2 N–H and O–H groups in total. The second-order valence-corrected chi connectivity index (χ2v) is 4.62. The van der Waals surface area contributed by atoms with E-state index < -0.39 is 0 Å². The van der Waals surface area contributed by atoms with Crippen LogP contribution in [0.1, 0.15) is 26.7 Å². The molecule has 0 saturated carbocycles. The molecule has 2 unspecified atom stereocenters. The Morgan fingerprint density at radius 2 is 2.18 bits per heavy atom. The quantitative estimate of drug-likeness (QED) is 0.726. The molecule has 17 heavy (non-hydrogen) atoms. The predicted molar refractivity (Wildman–Crippen MR) is 66.5 cm³/mol. The van der Waals surface area contributed by atoms with Gasteiger partial charge < -0.3 is 15.5 Å². The number of likely N-dealkylation sites (N-methyl/N-ethyl adjacent to an activating group) is 1. The van der Waals surface area contributed by atoms with Crippen molar-refractivity contribution in [3.8, 4) is 0 Å². The van der Waals surface area contributed by atoms with Gasteiger partial charge in [0.25, 0.3) is 0 Å². The molecule has 1 saturated heterocycles. The monoisotopic (exact) mass is 241 g/mol. The standard InChI is InChI=1S/C12H23N3O2/c1-4-15(3)11(16)8-14-12(17)10-6-5-7-13-9(10)2/h9-10,13H,4-8H2,1-3H3,(H,14,17). The first-order valence-electron chi connectivity index (χ1n) is 6.31. The Hall–Kier alpha value is -1.10. The lowest BCUT2D eigenvalue weighted by Gasteiger charge is -2.29. The SMILES string of the molecule is CCN(C)C(=O)CNC(=O)C1CCCNC1C. The molecule has 5 nitrogen and oxygen atoms in total. The number of piperidine rings is 1. The summed E-state index contributed by atoms with van der Waals surface area (Å²) in [6.07, 6.45) is 1.92. The van der Waals surface area contributed by atoms with Crippen LogP contribution in [0.5, 0.6) is 0 Å². The minimum Gasteiger partial charge on any atom is -0.347 e. The molecule has 5 heteroatoms. The van der Waals surface area contributed by atoms with Crippen molar-refractivity contribution < 1.29 is 9.59 Å². The van der Waals surface area contributed by atoms with Gasteiger partial charge in [-0.05, 0) is 33.2 Å². The van der Waals surface area contributed by atoms with Gasteiger partial charge in [-0.1, -0.05) is 0 Å². The van der Waals surface area contributed by atoms with E-state index in [4.69, 9.17) is 0 Å². The van der Waals surface area contributed by atoms with Crippen LogP contribution >= 0.6 is 0 Å². The van der Waals surface area contributed by atoms with Crippen LogP contribution < -0.4 is 10.6 Å². The minimum absolute atomic E-state index is 0.0107. The largest absolute Gasteiger partial charge is 0.347 e. The number of nitrogens with zero attached hydrogens (tertiary/aromatic N) is 1. The van der Waals surface area contributed by atoms with Crippen LogP contribution in [0.3, 0.4) is 0 Å². The maximum absolute atomic E-state index is 11.9. The summed E-state index contributed by atoms with van der Waals surface area (Å²) >= 11 is 0. The number of amides is 2. The zero-order chi connectivity index (χ0) is 12.8. The molecule has 98 valence electrons. The van der Waals surface area contributed by atoms with Crippen molar-refractivity contribution in [2.45, 2.75) is 32.7 Å². The smallest absolute Gasteiger partial charge is 0.241 e. The molecule has 0 radical (unpaired) electrons. The van der Waals surface area contributed by atoms with Crippen molar-refractivity contribution in [3.63, 3.8) is 0 Å². The molecular weight excluding hydrogens is 218 g/mol. The molecule has 0 bridgehead atoms. The van der Waals surface area contributed by atoms with Crippen LogP contribution in [-0.2, 0) is 9.59 Å². The summed E-state index contributed by atoms with van der Waals surface area (Å²) in [5, 5.41) is 6.01. The van der Waals surface area contributed by atoms with Gasteiger partial charge >= 0.3 is 0 Å². The summed E-state index contributed by atoms with van der Waals surface area (Å²) in [6.45, 7) is 5.67. The molecule has 2 amide bonds. The average molecular weight is 241 g/mol. The third-order valence-corrected chi connectivity index (χ3v) is 3.41. The van der Waals surface area contributed by atoms with Gasteiger partial charge in [0, 0.05) is 19.6 Å². The molecule has 0 aromatic heterocycles. The number of rotatable bonds is 4. The van der Waals surface area contributed by atoms with E-state index in [1.165, 1.54) is 0 Å². The van der Waals surface area contributed by atoms with E-state index in [0.717, 1.165) is 19.4 Å². The van der Waals surface area contributed by atoms with Gasteiger partial charge in [-0.25, -0.2) is 0 Å². The van der Waals surface area contributed by atoms with Crippen molar-refractivity contribution >= 4 is 11.8 Å². The van der Waals surface area contributed by atoms with Crippen LogP contribution in [-0.4, -0.2) is 49.4 Å². The second-order valence-electron chi connectivity index (χ2n) is 4.62. The molecule has 1 rings (SSSR count). The van der Waals surface area contributed by atoms with Gasteiger partial charge in [-0.15, -0.1) is 0 Å². The van der Waals surface area contributed by atoms with Gasteiger partial charge in [0.1, 0.15) is 0 Å². The van der Waals surface area contributed by atoms with Gasteiger partial charge in [-0.3, -0.25) is 9.59 Å². The summed E-state index contributed by atoms with van der Waals surface area (Å²) in [6, 6.07) is 0.197. The normalized spacial score (nSPS) is 24.2. The fourth-order valence-corrected chi connectivity index (χ4v) is 2.01. The van der Waals surface area contributed by atoms with E-state index in [1.807, 2.05) is 13.8 Å². The fourth-order valence-electron chi connectivity index (χ4n) is 2.01. The zero-order valence-electron chi connectivity index (χ0n) is 11.0. The van der Waals surface area contributed by atoms with E-state index in [-0.39, 0.29) is 30.3 Å². The molecule has 1 aliphatic rings. The number of hydrogen-bond acceptors (Lipinski definition) is 3. The number of carbonyl (C=O) groups is 2. The van der Waals surface area contributed by atoms with Crippen LogP contribution in [0, 0.1) is 5.92 Å². The summed E-state index contributed by atoms with van der Waals surface area (Å²) < 4.78 is 0. The third-order valence-electron chi connectivity index (χ3n) is 3.41. The second kappa shape index (κ2) is 6.59. The fraction of sp³-hybridized carbons (Fsp3) is 0.833. The molecule has 1 aliphatic heterocycles. The summed E-state index contributed by atoms with van der Waals surface area (Å²) in [4.78, 5) is 25.0. The Morgan fingerprint density at radius 3 is 2.76 bits per heavy atom. The Balaban J connectivity index is 2.36. The first kappa shape index (κ1) is 14.0. The maximum atomic E-state index is 11.9. The highest BCUT2D eigenvalue weighted by Crippen LogP contribution is 2.15. The zero-order valence-corrected chi connectivity index (χ0v) is 11.0. The minimum atomic E-state index is -0.0442. The molecule has 0 aromatic carbocycles. The van der Waals surface area contributed by atoms with Crippen molar-refractivity contribution in [3.05, 3.63) is 0 Å². The number of carbonyl (C=O) groups excluding carboxylic acids is 2. The third kappa shape index (κ3) is 4.00. The Bertz CT molecular complexity index is 281. The number of nitrogens with one attached hydrogen (secondary N) is 2. The lowest BCUT2D eigenvalue weighted by molar-refractivity contribution is -0.133. The van der Waals surface area contributed by atoms with E-state index in [1.54, 1.807) is 11.9 Å². The summed E-state index contributed by atoms with van der Waals surface area (Å²) in [5.74, 6) is -0.0664. The summed E-state index contributed by atoms with van der Waals surface area (Å²) in [7, 11) is 1.74. The van der Waals surface area contributed by atoms with E-state index in [2.05, 4.69) is 10.6 Å². The van der Waals surface area contributed by atoms with Crippen molar-refractivity contribution in [2.75, 3.05) is 26.7 Å². The molecule has 0 aromatic rings. The molecular formula is C12H23N3O2. The highest BCUT2D eigenvalue weighted by atomic mass is 16.2. The first-order valence-corrected chi connectivity index (χ1v) is 6.31. The van der Waals surface area contributed by atoms with Gasteiger partial charge in [0.2, 0.25) is 11.8 Å². The van der Waals surface area contributed by atoms with Crippen molar-refractivity contribution in [2.24, 2.45) is 5.92 Å². The molecule has 2 atom stereocenters. The van der Waals surface area contributed by atoms with E-state index in [9.17, 15) is 9.59 Å². The highest BCUT2D eigenvalue weighted by Gasteiger charge is 2.27. The lowest BCUT2D eigenvalue weighted by Crippen LogP contribution is -2.48. The molecule has 1 heterocycles. The Kier molecular flexibility index (Phi) is 5.41. The molecule has 0 spiro atoms. The average Bonchev–Trinajstić information content (AvgIpc) is 2.35. The Labute approximate surface area is 103 Å². The van der Waals surface area contributed by atoms with Crippen LogP contribution in [0.25, 0.3) is 0 Å². The number of hydrogen-bond donors (Lipinski definition) is 2. The van der Waals surface area contributed by atoms with Gasteiger partial charge in [0.15, 0.2) is 0 Å². The van der Waals surface area contributed by atoms with Crippen LogP contribution in [0.4, 0.5) is 0 Å². The Morgan fingerprint density at radius 1 is 1.47 bits per heavy atom. The van der Waals surface area contributed by atoms with E-state index >= 15 is 0 Å². The van der Waals surface area contributed by atoms with Crippen LogP contribution in [0.15, 0.2) is 0 Å². The van der Waals surface area contributed by atoms with Crippen molar-refractivity contribution in [1.29, 1.82) is 0 Å². The van der Waals surface area contributed by atoms with Crippen molar-refractivity contribution in [1.82, 2.24) is 15.5 Å². The molecule has 1 fully saturated rings. The van der Waals surface area contributed by atoms with E-state index in [0.29, 0.717) is 6.54 Å². The predicted octanol–water partition coefficient (Wildman–Crippen LogP) is -0.0310. The first-order chi connectivity index (χ1) is 8.06. The van der Waals surface area contributed by atoms with Crippen LogP contribution in [0.2, 0.25) is 0 Å². The lowest BCUT2D eigenvalue weighted by atomic mass is 9.91.